The summed E-state index contributed by atoms with van der Waals surface area (Å²) in [7, 11) is 3.05. The Labute approximate surface area is 185 Å². The third kappa shape index (κ3) is 5.01. The lowest BCUT2D eigenvalue weighted by Gasteiger charge is -2.26. The van der Waals surface area contributed by atoms with Crippen molar-refractivity contribution in [3.05, 3.63) is 64.2 Å². The lowest BCUT2D eigenvalue weighted by molar-refractivity contribution is -0.121. The third-order valence-corrected chi connectivity index (χ3v) is 5.95. The van der Waals surface area contributed by atoms with Crippen LogP contribution in [0.5, 0.6) is 11.5 Å². The van der Waals surface area contributed by atoms with Gasteiger partial charge < -0.3 is 20.1 Å². The van der Waals surface area contributed by atoms with Crippen LogP contribution in [-0.4, -0.2) is 31.8 Å². The molecule has 2 amide bonds. The van der Waals surface area contributed by atoms with Crippen LogP contribution in [-0.2, 0) is 9.59 Å². The number of nitriles is 1. The molecule has 1 aliphatic heterocycles. The molecule has 0 unspecified atom stereocenters. The highest BCUT2D eigenvalue weighted by Gasteiger charge is 2.32. The average molecular weight is 438 g/mol. The van der Waals surface area contributed by atoms with Crippen LogP contribution in [0, 0.1) is 18.3 Å². The van der Waals surface area contributed by atoms with Crippen LogP contribution < -0.4 is 20.1 Å². The van der Waals surface area contributed by atoms with E-state index in [1.807, 2.05) is 37.3 Å². The summed E-state index contributed by atoms with van der Waals surface area (Å²) in [5.41, 5.74) is 2.76. The SMILES string of the molecule is COc1cccc([C@@H]2CC(=O)NC(SCC(=O)Nc3ccccc3C)=C2C#N)c1OC. The van der Waals surface area contributed by atoms with Crippen LogP contribution in [0.4, 0.5) is 5.69 Å². The molecule has 0 saturated carbocycles. The zero-order valence-corrected chi connectivity index (χ0v) is 18.3. The number of thioether (sulfide) groups is 1. The zero-order valence-electron chi connectivity index (χ0n) is 17.5. The highest BCUT2D eigenvalue weighted by molar-refractivity contribution is 8.03. The van der Waals surface area contributed by atoms with Gasteiger partial charge in [-0.1, -0.05) is 42.1 Å². The van der Waals surface area contributed by atoms with E-state index in [1.54, 1.807) is 12.1 Å². The van der Waals surface area contributed by atoms with Crippen molar-refractivity contribution in [3.63, 3.8) is 0 Å². The van der Waals surface area contributed by atoms with Crippen LogP contribution in [0.2, 0.25) is 0 Å². The number of ether oxygens (including phenoxy) is 2. The Bertz CT molecular complexity index is 1070. The Balaban J connectivity index is 1.85. The molecule has 2 aromatic carbocycles. The van der Waals surface area contributed by atoms with Crippen molar-refractivity contribution in [2.45, 2.75) is 19.3 Å². The smallest absolute Gasteiger partial charge is 0.234 e. The molecule has 2 aromatic rings. The number of nitrogens with zero attached hydrogens (tertiary/aromatic N) is 1. The first-order valence-corrected chi connectivity index (χ1v) is 10.6. The van der Waals surface area contributed by atoms with Crippen LogP contribution in [0.25, 0.3) is 0 Å². The second kappa shape index (κ2) is 10.0. The lowest BCUT2D eigenvalue weighted by atomic mass is 9.86. The van der Waals surface area contributed by atoms with Gasteiger partial charge in [-0.3, -0.25) is 9.59 Å². The Morgan fingerprint density at radius 3 is 2.68 bits per heavy atom. The number of anilines is 1. The van der Waals surface area contributed by atoms with Crippen LogP contribution in [0.15, 0.2) is 53.1 Å². The second-order valence-corrected chi connectivity index (χ2v) is 7.88. The van der Waals surface area contributed by atoms with Gasteiger partial charge in [0, 0.05) is 23.6 Å². The zero-order chi connectivity index (χ0) is 22.4. The number of methoxy groups -OCH3 is 2. The molecule has 0 saturated heterocycles. The summed E-state index contributed by atoms with van der Waals surface area (Å²) in [5.74, 6) is 0.118. The first kappa shape index (κ1) is 22.2. The molecule has 0 aliphatic carbocycles. The summed E-state index contributed by atoms with van der Waals surface area (Å²) in [4.78, 5) is 24.8. The summed E-state index contributed by atoms with van der Waals surface area (Å²) < 4.78 is 10.9. The topological polar surface area (TPSA) is 100 Å². The van der Waals surface area contributed by atoms with E-state index in [-0.39, 0.29) is 24.0 Å². The molecule has 3 rings (SSSR count). The van der Waals surface area contributed by atoms with Crippen molar-refractivity contribution in [3.8, 4) is 17.6 Å². The molecule has 1 heterocycles. The van der Waals surface area contributed by atoms with Gasteiger partial charge in [-0.2, -0.15) is 5.26 Å². The van der Waals surface area contributed by atoms with E-state index in [0.717, 1.165) is 23.0 Å². The highest BCUT2D eigenvalue weighted by Crippen LogP contribution is 2.43. The number of rotatable bonds is 7. The minimum absolute atomic E-state index is 0.0527. The molecule has 0 radical (unpaired) electrons. The Hall–Kier alpha value is -3.44. The molecule has 0 bridgehead atoms. The quantitative estimate of drug-likeness (QED) is 0.685. The van der Waals surface area contributed by atoms with Gasteiger partial charge in [0.25, 0.3) is 0 Å². The number of amides is 2. The first-order chi connectivity index (χ1) is 15.0. The van der Waals surface area contributed by atoms with Gasteiger partial charge in [0.1, 0.15) is 0 Å². The fraction of sp³-hybridized carbons (Fsp3) is 0.261. The van der Waals surface area contributed by atoms with Crippen molar-refractivity contribution in [1.82, 2.24) is 5.32 Å². The molecular weight excluding hydrogens is 414 g/mol. The highest BCUT2D eigenvalue weighted by atomic mass is 32.2. The average Bonchev–Trinajstić information content (AvgIpc) is 2.78. The van der Waals surface area contributed by atoms with E-state index < -0.39 is 5.92 Å². The van der Waals surface area contributed by atoms with E-state index >= 15 is 0 Å². The van der Waals surface area contributed by atoms with Gasteiger partial charge in [-0.05, 0) is 24.6 Å². The number of hydrogen-bond donors (Lipinski definition) is 2. The largest absolute Gasteiger partial charge is 0.493 e. The third-order valence-electron chi connectivity index (χ3n) is 4.93. The molecule has 2 N–H and O–H groups in total. The number of carbonyl (C=O) groups excluding carboxylic acids is 2. The van der Waals surface area contributed by atoms with E-state index in [9.17, 15) is 14.9 Å². The van der Waals surface area contributed by atoms with Gasteiger partial charge >= 0.3 is 0 Å². The molecule has 0 spiro atoms. The molecule has 1 aliphatic rings. The van der Waals surface area contributed by atoms with Crippen molar-refractivity contribution in [1.29, 1.82) is 5.26 Å². The number of nitrogens with one attached hydrogen (secondary N) is 2. The summed E-state index contributed by atoms with van der Waals surface area (Å²) in [5, 5.41) is 15.8. The van der Waals surface area contributed by atoms with Crippen molar-refractivity contribution in [2.24, 2.45) is 0 Å². The maximum Gasteiger partial charge on any atom is 0.234 e. The van der Waals surface area contributed by atoms with Crippen molar-refractivity contribution >= 4 is 29.3 Å². The first-order valence-electron chi connectivity index (χ1n) is 9.61. The normalized spacial score (nSPS) is 15.7. The minimum Gasteiger partial charge on any atom is -0.493 e. The number of benzene rings is 2. The predicted octanol–water partition coefficient (Wildman–Crippen LogP) is 3.72. The summed E-state index contributed by atoms with van der Waals surface area (Å²) in [6, 6.07) is 15.1. The Morgan fingerprint density at radius 1 is 1.23 bits per heavy atom. The van der Waals surface area contributed by atoms with E-state index in [0.29, 0.717) is 27.7 Å². The van der Waals surface area contributed by atoms with Crippen molar-refractivity contribution < 1.29 is 19.1 Å². The lowest BCUT2D eigenvalue weighted by Crippen LogP contribution is -2.31. The maximum absolute atomic E-state index is 12.4. The second-order valence-electron chi connectivity index (χ2n) is 6.89. The fourth-order valence-electron chi connectivity index (χ4n) is 3.42. The molecule has 7 nitrogen and oxygen atoms in total. The molecule has 0 fully saturated rings. The van der Waals surface area contributed by atoms with Crippen LogP contribution >= 0.6 is 11.8 Å². The van der Waals surface area contributed by atoms with Crippen LogP contribution in [0.3, 0.4) is 0 Å². The Kier molecular flexibility index (Phi) is 7.21. The van der Waals surface area contributed by atoms with E-state index in [4.69, 9.17) is 9.47 Å². The van der Waals surface area contributed by atoms with Crippen molar-refractivity contribution in [2.75, 3.05) is 25.3 Å². The molecule has 31 heavy (non-hydrogen) atoms. The van der Waals surface area contributed by atoms with Gasteiger partial charge in [0.05, 0.1) is 36.6 Å². The summed E-state index contributed by atoms with van der Waals surface area (Å²) in [6.07, 6.45) is 0.103. The molecule has 1 atom stereocenters. The fourth-order valence-corrected chi connectivity index (χ4v) is 4.30. The number of carbonyl (C=O) groups is 2. The minimum atomic E-state index is -0.495. The molecule has 0 aromatic heterocycles. The summed E-state index contributed by atoms with van der Waals surface area (Å²) in [6.45, 7) is 1.91. The van der Waals surface area contributed by atoms with Gasteiger partial charge in [0.2, 0.25) is 11.8 Å². The predicted molar refractivity (Wildman–Crippen MR) is 120 cm³/mol. The van der Waals surface area contributed by atoms with Gasteiger partial charge in [-0.25, -0.2) is 0 Å². The number of para-hydroxylation sites is 2. The number of hydrogen-bond acceptors (Lipinski definition) is 6. The van der Waals surface area contributed by atoms with E-state index in [1.165, 1.54) is 14.2 Å². The van der Waals surface area contributed by atoms with Gasteiger partial charge in [-0.15, -0.1) is 0 Å². The standard InChI is InChI=1S/C23H23N3O4S/c1-14-7-4-5-9-18(14)25-21(28)13-31-23-17(12-24)16(11-20(27)26-23)15-8-6-10-19(29-2)22(15)30-3/h4-10,16H,11,13H2,1-3H3,(H,25,28)(H,26,27)/t16-/m0/s1. The monoisotopic (exact) mass is 437 g/mol. The molecule has 160 valence electrons. The van der Waals surface area contributed by atoms with E-state index in [2.05, 4.69) is 16.7 Å². The Morgan fingerprint density at radius 2 is 2.00 bits per heavy atom. The number of aryl methyl sites for hydroxylation is 1. The summed E-state index contributed by atoms with van der Waals surface area (Å²) >= 11 is 1.13. The number of allylic oxidation sites excluding steroid dienone is 1. The molecular formula is C23H23N3O4S. The van der Waals surface area contributed by atoms with Gasteiger partial charge in [0.15, 0.2) is 11.5 Å². The van der Waals surface area contributed by atoms with Crippen LogP contribution in [0.1, 0.15) is 23.5 Å². The maximum atomic E-state index is 12.4. The molecule has 8 heteroatoms.